The summed E-state index contributed by atoms with van der Waals surface area (Å²) < 4.78 is 12.2. The van der Waals surface area contributed by atoms with Crippen molar-refractivity contribution in [2.24, 2.45) is 0 Å². The van der Waals surface area contributed by atoms with Gasteiger partial charge in [0.2, 0.25) is 0 Å². The first-order chi connectivity index (χ1) is 11.1. The summed E-state index contributed by atoms with van der Waals surface area (Å²) in [5, 5.41) is 12.2. The largest absolute Gasteiger partial charge is 0.491 e. The number of nitrogens with one attached hydrogen (secondary N) is 1. The van der Waals surface area contributed by atoms with Gasteiger partial charge in [0, 0.05) is 12.7 Å². The number of pyridine rings is 1. The van der Waals surface area contributed by atoms with Crippen LogP contribution in [-0.4, -0.2) is 48.0 Å². The zero-order chi connectivity index (χ0) is 18.1. The van der Waals surface area contributed by atoms with Crippen molar-refractivity contribution in [3.63, 3.8) is 0 Å². The molecule has 7 heteroatoms. The first-order valence-corrected chi connectivity index (χ1v) is 7.98. The maximum absolute atomic E-state index is 11.1. The molecular formula is C17H25BN2O4. The third-order valence-electron chi connectivity index (χ3n) is 4.59. The van der Waals surface area contributed by atoms with Crippen LogP contribution in [0.4, 0.5) is 0 Å². The van der Waals surface area contributed by atoms with Gasteiger partial charge in [-0.15, -0.1) is 0 Å². The number of hydrogen-bond acceptors (Lipinski definition) is 5. The van der Waals surface area contributed by atoms with Gasteiger partial charge >= 0.3 is 13.1 Å². The minimum Gasteiger partial charge on any atom is -0.477 e. The summed E-state index contributed by atoms with van der Waals surface area (Å²) in [6.45, 7) is 10.4. The molecule has 1 aromatic heterocycles. The Hall–Kier alpha value is -1.70. The van der Waals surface area contributed by atoms with Gasteiger partial charge in [-0.05, 0) is 64.3 Å². The second kappa shape index (κ2) is 6.66. The van der Waals surface area contributed by atoms with Crippen molar-refractivity contribution in [1.29, 1.82) is 0 Å². The van der Waals surface area contributed by atoms with Crippen LogP contribution in [0.3, 0.4) is 0 Å². The van der Waals surface area contributed by atoms with Gasteiger partial charge in [-0.1, -0.05) is 6.08 Å². The van der Waals surface area contributed by atoms with Gasteiger partial charge in [0.1, 0.15) is 0 Å². The fraction of sp³-hybridized carbons (Fsp3) is 0.529. The standard InChI is InChI=1S/C17H25BN2O4/c1-11-7-12(9-20-14(11)15(21)22)8-13(10-19-6)18-23-16(2,3)17(4,5)24-18/h7-9,19H,10H2,1-6H3,(H,21,22). The lowest BCUT2D eigenvalue weighted by Gasteiger charge is -2.32. The van der Waals surface area contributed by atoms with Crippen molar-refractivity contribution in [3.8, 4) is 0 Å². The Kier molecular flexibility index (Phi) is 5.18. The van der Waals surface area contributed by atoms with Crippen LogP contribution < -0.4 is 5.32 Å². The first-order valence-electron chi connectivity index (χ1n) is 7.98. The Labute approximate surface area is 143 Å². The van der Waals surface area contributed by atoms with Gasteiger partial charge in [-0.25, -0.2) is 9.78 Å². The highest BCUT2D eigenvalue weighted by Gasteiger charge is 2.52. The quantitative estimate of drug-likeness (QED) is 0.806. The monoisotopic (exact) mass is 332 g/mol. The molecule has 1 aromatic rings. The summed E-state index contributed by atoms with van der Waals surface area (Å²) in [6, 6.07) is 1.80. The zero-order valence-electron chi connectivity index (χ0n) is 15.1. The lowest BCUT2D eigenvalue weighted by atomic mass is 9.77. The van der Waals surface area contributed by atoms with Crippen LogP contribution in [0.15, 0.2) is 17.7 Å². The van der Waals surface area contributed by atoms with E-state index in [1.165, 1.54) is 0 Å². The molecule has 2 rings (SSSR count). The Balaban J connectivity index is 2.33. The van der Waals surface area contributed by atoms with Crippen molar-refractivity contribution in [2.45, 2.75) is 45.8 Å². The molecule has 1 saturated heterocycles. The second-order valence-electron chi connectivity index (χ2n) is 7.08. The average Bonchev–Trinajstić information content (AvgIpc) is 2.66. The van der Waals surface area contributed by atoms with Crippen molar-refractivity contribution in [3.05, 3.63) is 34.6 Å². The molecule has 0 saturated carbocycles. The van der Waals surface area contributed by atoms with Gasteiger partial charge in [0.15, 0.2) is 5.69 Å². The van der Waals surface area contributed by atoms with E-state index < -0.39 is 24.3 Å². The lowest BCUT2D eigenvalue weighted by molar-refractivity contribution is 0.00578. The maximum Gasteiger partial charge on any atom is 0.491 e. The fourth-order valence-corrected chi connectivity index (χ4v) is 2.51. The molecule has 0 atom stereocenters. The third-order valence-corrected chi connectivity index (χ3v) is 4.59. The highest BCUT2D eigenvalue weighted by molar-refractivity contribution is 6.55. The van der Waals surface area contributed by atoms with Crippen LogP contribution >= 0.6 is 0 Å². The lowest BCUT2D eigenvalue weighted by Crippen LogP contribution is -2.41. The van der Waals surface area contributed by atoms with E-state index in [0.717, 1.165) is 11.0 Å². The van der Waals surface area contributed by atoms with Crippen LogP contribution in [0.5, 0.6) is 0 Å². The Morgan fingerprint density at radius 1 is 1.33 bits per heavy atom. The SMILES string of the molecule is CNCC(=Cc1cnc(C(=O)O)c(C)c1)B1OC(C)(C)C(C)(C)O1. The molecule has 0 amide bonds. The smallest absolute Gasteiger partial charge is 0.477 e. The molecule has 1 fully saturated rings. The number of carboxylic acid groups (broad SMARTS) is 1. The van der Waals surface area contributed by atoms with Crippen molar-refractivity contribution in [1.82, 2.24) is 10.3 Å². The summed E-state index contributed by atoms with van der Waals surface area (Å²) >= 11 is 0. The Morgan fingerprint density at radius 3 is 2.38 bits per heavy atom. The number of aryl methyl sites for hydroxylation is 1. The molecule has 1 aliphatic heterocycles. The van der Waals surface area contributed by atoms with Gasteiger partial charge in [-0.3, -0.25) is 0 Å². The second-order valence-corrected chi connectivity index (χ2v) is 7.08. The number of carbonyl (C=O) groups is 1. The normalized spacial score (nSPS) is 19.6. The number of carboxylic acids is 1. The van der Waals surface area contributed by atoms with Crippen LogP contribution in [0.25, 0.3) is 6.08 Å². The van der Waals surface area contributed by atoms with Gasteiger partial charge in [-0.2, -0.15) is 0 Å². The van der Waals surface area contributed by atoms with E-state index in [0.29, 0.717) is 12.1 Å². The maximum atomic E-state index is 11.1. The van der Waals surface area contributed by atoms with E-state index in [2.05, 4.69) is 10.3 Å². The van der Waals surface area contributed by atoms with E-state index in [1.807, 2.05) is 40.8 Å². The molecular weight excluding hydrogens is 307 g/mol. The number of likely N-dealkylation sites (N-methyl/N-ethyl adjacent to an activating group) is 1. The minimum atomic E-state index is -1.02. The summed E-state index contributed by atoms with van der Waals surface area (Å²) in [5.41, 5.74) is 1.61. The minimum absolute atomic E-state index is 0.0675. The van der Waals surface area contributed by atoms with Gasteiger partial charge in [0.05, 0.1) is 11.2 Å². The van der Waals surface area contributed by atoms with Crippen LogP contribution in [0.2, 0.25) is 0 Å². The summed E-state index contributed by atoms with van der Waals surface area (Å²) in [6.07, 6.45) is 3.49. The van der Waals surface area contributed by atoms with E-state index >= 15 is 0 Å². The summed E-state index contributed by atoms with van der Waals surface area (Å²) in [7, 11) is 1.40. The Bertz CT molecular complexity index is 655. The van der Waals surface area contributed by atoms with Crippen LogP contribution in [0, 0.1) is 6.92 Å². The molecule has 2 heterocycles. The van der Waals surface area contributed by atoms with Crippen LogP contribution in [0.1, 0.15) is 49.3 Å². The number of hydrogen-bond donors (Lipinski definition) is 2. The molecule has 1 aliphatic rings. The fourth-order valence-electron chi connectivity index (χ4n) is 2.51. The molecule has 0 aliphatic carbocycles. The third kappa shape index (κ3) is 3.69. The van der Waals surface area contributed by atoms with E-state index in [4.69, 9.17) is 14.4 Å². The number of nitrogens with zero attached hydrogens (tertiary/aromatic N) is 1. The molecule has 0 spiro atoms. The molecule has 0 unspecified atom stereocenters. The van der Waals surface area contributed by atoms with Crippen molar-refractivity contribution in [2.75, 3.05) is 13.6 Å². The predicted molar refractivity (Wildman–Crippen MR) is 93.9 cm³/mol. The predicted octanol–water partition coefficient (Wildman–Crippen LogP) is 2.32. The first kappa shape index (κ1) is 18.6. The van der Waals surface area contributed by atoms with Crippen LogP contribution in [-0.2, 0) is 9.31 Å². The van der Waals surface area contributed by atoms with E-state index in [1.54, 1.807) is 19.2 Å². The van der Waals surface area contributed by atoms with Crippen molar-refractivity contribution < 1.29 is 19.2 Å². The molecule has 24 heavy (non-hydrogen) atoms. The number of rotatable bonds is 5. The molecule has 0 bridgehead atoms. The number of aromatic carboxylic acids is 1. The molecule has 0 radical (unpaired) electrons. The van der Waals surface area contributed by atoms with Crippen molar-refractivity contribution >= 4 is 19.2 Å². The zero-order valence-corrected chi connectivity index (χ0v) is 15.1. The highest BCUT2D eigenvalue weighted by Crippen LogP contribution is 2.38. The molecule has 130 valence electrons. The topological polar surface area (TPSA) is 80.7 Å². The molecule has 6 nitrogen and oxygen atoms in total. The molecule has 0 aromatic carbocycles. The molecule has 2 N–H and O–H groups in total. The van der Waals surface area contributed by atoms with E-state index in [9.17, 15) is 4.79 Å². The average molecular weight is 332 g/mol. The van der Waals surface area contributed by atoms with Gasteiger partial charge in [0.25, 0.3) is 0 Å². The van der Waals surface area contributed by atoms with Gasteiger partial charge < -0.3 is 19.7 Å². The summed E-state index contributed by atoms with van der Waals surface area (Å²) in [4.78, 5) is 15.1. The Morgan fingerprint density at radius 2 is 1.92 bits per heavy atom. The number of aromatic nitrogens is 1. The van der Waals surface area contributed by atoms with E-state index in [-0.39, 0.29) is 5.69 Å². The summed E-state index contributed by atoms with van der Waals surface area (Å²) in [5.74, 6) is -1.02. The highest BCUT2D eigenvalue weighted by atomic mass is 16.7.